The van der Waals surface area contributed by atoms with E-state index in [-0.39, 0.29) is 6.03 Å². The summed E-state index contributed by atoms with van der Waals surface area (Å²) in [5, 5.41) is 6.50. The summed E-state index contributed by atoms with van der Waals surface area (Å²) < 4.78 is 0. The first-order valence-corrected chi connectivity index (χ1v) is 7.72. The van der Waals surface area contributed by atoms with Crippen molar-refractivity contribution in [2.45, 2.75) is 38.6 Å². The van der Waals surface area contributed by atoms with Crippen LogP contribution >= 0.6 is 0 Å². The Bertz CT molecular complexity index is 479. The van der Waals surface area contributed by atoms with Crippen molar-refractivity contribution in [3.05, 3.63) is 29.3 Å². The van der Waals surface area contributed by atoms with Gasteiger partial charge in [-0.1, -0.05) is 25.0 Å². The summed E-state index contributed by atoms with van der Waals surface area (Å²) in [5.41, 5.74) is 3.61. The Morgan fingerprint density at radius 1 is 1.15 bits per heavy atom. The Morgan fingerprint density at radius 2 is 1.95 bits per heavy atom. The van der Waals surface area contributed by atoms with Crippen LogP contribution in [-0.4, -0.2) is 30.6 Å². The summed E-state index contributed by atoms with van der Waals surface area (Å²) in [6.07, 6.45) is 5.74. The second-order valence-corrected chi connectivity index (χ2v) is 5.70. The van der Waals surface area contributed by atoms with E-state index in [1.54, 1.807) is 0 Å². The van der Waals surface area contributed by atoms with Gasteiger partial charge in [-0.3, -0.25) is 0 Å². The van der Waals surface area contributed by atoms with E-state index in [1.165, 1.54) is 24.0 Å². The zero-order valence-electron chi connectivity index (χ0n) is 12.0. The van der Waals surface area contributed by atoms with Crippen LogP contribution in [0.4, 0.5) is 10.5 Å². The average Bonchev–Trinajstić information content (AvgIpc) is 2.77. The zero-order valence-corrected chi connectivity index (χ0v) is 12.0. The first-order chi connectivity index (χ1) is 9.84. The lowest BCUT2D eigenvalue weighted by Crippen LogP contribution is -2.36. The third-order valence-corrected chi connectivity index (χ3v) is 4.28. The molecule has 2 heterocycles. The summed E-state index contributed by atoms with van der Waals surface area (Å²) in [6.45, 7) is 3.68. The fraction of sp³-hybridized carbons (Fsp3) is 0.562. The Hall–Kier alpha value is -1.55. The number of fused-ring (bicyclic) bond motifs is 1. The first-order valence-electron chi connectivity index (χ1n) is 7.72. The maximum atomic E-state index is 12.4. The number of anilines is 1. The average molecular weight is 273 g/mol. The number of carbonyl (C=O) groups is 1. The molecule has 4 nitrogen and oxygen atoms in total. The predicted octanol–water partition coefficient (Wildman–Crippen LogP) is 2.74. The Morgan fingerprint density at radius 3 is 2.75 bits per heavy atom. The number of urea groups is 1. The minimum Gasteiger partial charge on any atom is -0.325 e. The lowest BCUT2D eigenvalue weighted by molar-refractivity contribution is 0.213. The minimum atomic E-state index is 0.0684. The molecule has 1 aromatic carbocycles. The number of amides is 2. The summed E-state index contributed by atoms with van der Waals surface area (Å²) in [7, 11) is 0. The van der Waals surface area contributed by atoms with Gasteiger partial charge in [0, 0.05) is 25.3 Å². The quantitative estimate of drug-likeness (QED) is 0.826. The molecule has 1 fully saturated rings. The van der Waals surface area contributed by atoms with Crippen LogP contribution in [0, 0.1) is 0 Å². The molecule has 2 amide bonds. The van der Waals surface area contributed by atoms with Crippen LogP contribution in [0.5, 0.6) is 0 Å². The van der Waals surface area contributed by atoms with Crippen molar-refractivity contribution in [3.63, 3.8) is 0 Å². The van der Waals surface area contributed by atoms with Crippen LogP contribution in [0.1, 0.15) is 36.8 Å². The number of hydrogen-bond donors (Lipinski definition) is 2. The number of carbonyl (C=O) groups excluding carboxylic acids is 1. The Balaban J connectivity index is 1.72. The molecule has 4 heteroatoms. The van der Waals surface area contributed by atoms with Gasteiger partial charge in [0.2, 0.25) is 0 Å². The molecule has 0 radical (unpaired) electrons. The van der Waals surface area contributed by atoms with Crippen molar-refractivity contribution in [3.8, 4) is 0 Å². The van der Waals surface area contributed by atoms with Crippen LogP contribution in [0.2, 0.25) is 0 Å². The van der Waals surface area contributed by atoms with E-state index in [0.717, 1.165) is 51.1 Å². The number of likely N-dealkylation sites (tertiary alicyclic amines) is 1. The molecule has 0 bridgehead atoms. The van der Waals surface area contributed by atoms with Crippen molar-refractivity contribution in [2.24, 2.45) is 0 Å². The third-order valence-electron chi connectivity index (χ3n) is 4.28. The number of nitrogens with one attached hydrogen (secondary N) is 2. The molecule has 0 spiro atoms. The highest BCUT2D eigenvalue weighted by Crippen LogP contribution is 2.23. The van der Waals surface area contributed by atoms with E-state index in [0.29, 0.717) is 0 Å². The highest BCUT2D eigenvalue weighted by Gasteiger charge is 2.18. The molecular formula is C16H23N3O. The molecule has 0 saturated carbocycles. The standard InChI is InChI=1S/C16H23N3O/c20-16(19-10-3-1-2-4-11-19)18-15-7-5-6-13-12-17-9-8-14(13)15/h5-7,17H,1-4,8-12H2,(H,18,20). The van der Waals surface area contributed by atoms with Gasteiger partial charge in [0.15, 0.2) is 0 Å². The molecular weight excluding hydrogens is 250 g/mol. The number of nitrogens with zero attached hydrogens (tertiary/aromatic N) is 1. The van der Waals surface area contributed by atoms with E-state index in [2.05, 4.69) is 16.7 Å². The topological polar surface area (TPSA) is 44.4 Å². The zero-order chi connectivity index (χ0) is 13.8. The van der Waals surface area contributed by atoms with Crippen LogP contribution < -0.4 is 10.6 Å². The predicted molar refractivity (Wildman–Crippen MR) is 80.9 cm³/mol. The summed E-state index contributed by atoms with van der Waals surface area (Å²) in [5.74, 6) is 0. The Labute approximate surface area is 120 Å². The molecule has 0 atom stereocenters. The molecule has 3 rings (SSSR count). The highest BCUT2D eigenvalue weighted by molar-refractivity contribution is 5.90. The van der Waals surface area contributed by atoms with E-state index in [4.69, 9.17) is 0 Å². The molecule has 2 aliphatic rings. The van der Waals surface area contributed by atoms with Crippen LogP contribution in [0.3, 0.4) is 0 Å². The molecule has 2 aliphatic heterocycles. The molecule has 108 valence electrons. The van der Waals surface area contributed by atoms with Crippen LogP contribution in [-0.2, 0) is 13.0 Å². The maximum absolute atomic E-state index is 12.4. The van der Waals surface area contributed by atoms with Gasteiger partial charge in [-0.15, -0.1) is 0 Å². The fourth-order valence-corrected chi connectivity index (χ4v) is 3.12. The third kappa shape index (κ3) is 2.96. The first kappa shape index (κ1) is 13.4. The normalized spacial score (nSPS) is 19.1. The summed E-state index contributed by atoms with van der Waals surface area (Å²) >= 11 is 0. The van der Waals surface area contributed by atoms with E-state index in [9.17, 15) is 4.79 Å². The van der Waals surface area contributed by atoms with Crippen molar-refractivity contribution in [1.82, 2.24) is 10.2 Å². The fourth-order valence-electron chi connectivity index (χ4n) is 3.12. The van der Waals surface area contributed by atoms with Gasteiger partial charge < -0.3 is 15.5 Å². The van der Waals surface area contributed by atoms with Crippen molar-refractivity contribution in [2.75, 3.05) is 25.0 Å². The molecule has 1 aromatic rings. The molecule has 2 N–H and O–H groups in total. The molecule has 20 heavy (non-hydrogen) atoms. The SMILES string of the molecule is O=C(Nc1cccc2c1CCNC2)N1CCCCCC1. The van der Waals surface area contributed by atoms with E-state index < -0.39 is 0 Å². The van der Waals surface area contributed by atoms with Gasteiger partial charge >= 0.3 is 6.03 Å². The van der Waals surface area contributed by atoms with Gasteiger partial charge in [0.05, 0.1) is 0 Å². The highest BCUT2D eigenvalue weighted by atomic mass is 16.2. The van der Waals surface area contributed by atoms with Gasteiger partial charge in [-0.2, -0.15) is 0 Å². The van der Waals surface area contributed by atoms with Gasteiger partial charge in [0.25, 0.3) is 0 Å². The van der Waals surface area contributed by atoms with Gasteiger partial charge in [-0.05, 0) is 43.0 Å². The number of benzene rings is 1. The van der Waals surface area contributed by atoms with Crippen molar-refractivity contribution >= 4 is 11.7 Å². The lowest BCUT2D eigenvalue weighted by Gasteiger charge is -2.24. The minimum absolute atomic E-state index is 0.0684. The molecule has 0 aliphatic carbocycles. The lowest BCUT2D eigenvalue weighted by atomic mass is 9.99. The Kier molecular flexibility index (Phi) is 4.21. The second kappa shape index (κ2) is 6.27. The van der Waals surface area contributed by atoms with Crippen molar-refractivity contribution in [1.29, 1.82) is 0 Å². The van der Waals surface area contributed by atoms with Gasteiger partial charge in [-0.25, -0.2) is 4.79 Å². The van der Waals surface area contributed by atoms with Crippen LogP contribution in [0.25, 0.3) is 0 Å². The number of hydrogen-bond acceptors (Lipinski definition) is 2. The van der Waals surface area contributed by atoms with E-state index in [1.807, 2.05) is 17.0 Å². The van der Waals surface area contributed by atoms with Crippen LogP contribution in [0.15, 0.2) is 18.2 Å². The maximum Gasteiger partial charge on any atom is 0.321 e. The second-order valence-electron chi connectivity index (χ2n) is 5.70. The molecule has 1 saturated heterocycles. The smallest absolute Gasteiger partial charge is 0.321 e. The molecule has 0 aromatic heterocycles. The molecule has 0 unspecified atom stereocenters. The largest absolute Gasteiger partial charge is 0.325 e. The monoisotopic (exact) mass is 273 g/mol. The van der Waals surface area contributed by atoms with E-state index >= 15 is 0 Å². The van der Waals surface area contributed by atoms with Crippen molar-refractivity contribution < 1.29 is 4.79 Å². The van der Waals surface area contributed by atoms with Gasteiger partial charge in [0.1, 0.15) is 0 Å². The number of rotatable bonds is 1. The summed E-state index contributed by atoms with van der Waals surface area (Å²) in [6, 6.07) is 6.27. The summed E-state index contributed by atoms with van der Waals surface area (Å²) in [4.78, 5) is 14.4.